The van der Waals surface area contributed by atoms with Crippen LogP contribution in [-0.4, -0.2) is 5.54 Å². The van der Waals surface area contributed by atoms with Gasteiger partial charge in [0.05, 0.1) is 0 Å². The summed E-state index contributed by atoms with van der Waals surface area (Å²) in [5.41, 5.74) is 6.69. The molecule has 1 N–H and O–H groups in total. The zero-order chi connectivity index (χ0) is 4.50. The van der Waals surface area contributed by atoms with Gasteiger partial charge >= 0.3 is 0 Å². The molecular weight excluding hydrogens is 153 g/mol. The van der Waals surface area contributed by atoms with E-state index in [1.54, 1.807) is 0 Å². The van der Waals surface area contributed by atoms with Crippen LogP contribution in [0.25, 0.3) is 5.73 Å². The van der Waals surface area contributed by atoms with E-state index in [2.05, 4.69) is 0 Å². The van der Waals surface area contributed by atoms with Crippen molar-refractivity contribution < 1.29 is 29.1 Å². The summed E-state index contributed by atoms with van der Waals surface area (Å²) in [5.74, 6) is 0. The minimum atomic E-state index is -0.250. The van der Waals surface area contributed by atoms with Gasteiger partial charge < -0.3 is 8.59 Å². The monoisotopic (exact) mass is 164 g/mol. The average molecular weight is 165 g/mol. The van der Waals surface area contributed by atoms with E-state index in [1.165, 1.54) is 0 Å². The van der Waals surface area contributed by atoms with Crippen molar-refractivity contribution in [2.75, 3.05) is 0 Å². The second kappa shape index (κ2) is 2.93. The smallest absolute Gasteiger partial charge is 0 e. The van der Waals surface area contributed by atoms with Gasteiger partial charge in [-0.05, 0) is 0 Å². The van der Waals surface area contributed by atoms with Crippen molar-refractivity contribution in [2.24, 2.45) is 0 Å². The predicted octanol–water partition coefficient (Wildman–Crippen LogP) is 2.06. The first kappa shape index (κ1) is 9.96. The van der Waals surface area contributed by atoms with Gasteiger partial charge in [-0.15, -0.1) is 5.54 Å². The van der Waals surface area contributed by atoms with Crippen molar-refractivity contribution in [1.29, 1.82) is 0 Å². The molecule has 0 amide bonds. The van der Waals surface area contributed by atoms with E-state index in [0.717, 1.165) is 0 Å². The van der Waals surface area contributed by atoms with Crippen LogP contribution in [0.3, 0.4) is 0 Å². The summed E-state index contributed by atoms with van der Waals surface area (Å²) in [7, 11) is 0. The van der Waals surface area contributed by atoms with Gasteiger partial charge in [-0.2, -0.15) is 0 Å². The van der Waals surface area contributed by atoms with Gasteiger partial charge in [-0.3, -0.25) is 0 Å². The Hall–Kier alpha value is 0.843. The molecule has 0 atom stereocenters. The zero-order valence-corrected chi connectivity index (χ0v) is 6.96. The molecule has 2 heteroatoms. The first-order valence-electron chi connectivity index (χ1n) is 1.75. The molecule has 0 heterocycles. The molecule has 1 nitrogen and oxygen atoms in total. The van der Waals surface area contributed by atoms with Crippen LogP contribution < -0.4 is 0 Å². The first-order chi connectivity index (χ1) is 2.00. The largest absolute Gasteiger partial charge is 1.00 e. The van der Waals surface area contributed by atoms with Crippen molar-refractivity contribution in [1.82, 2.24) is 0 Å². The fraction of sp³-hybridized carbons (Fsp3) is 1.00. The quantitative estimate of drug-likeness (QED) is 0.525. The fourth-order valence-corrected chi connectivity index (χ4v) is 0. The predicted molar refractivity (Wildman–Crippen MR) is 26.3 cm³/mol. The van der Waals surface area contributed by atoms with Crippen LogP contribution in [-0.2, 0) is 26.2 Å². The summed E-state index contributed by atoms with van der Waals surface area (Å²) in [6.07, 6.45) is 0. The molecule has 0 spiro atoms. The van der Waals surface area contributed by atoms with E-state index in [1.807, 2.05) is 20.8 Å². The molecule has 0 aliphatic carbocycles. The van der Waals surface area contributed by atoms with E-state index in [0.29, 0.717) is 0 Å². The van der Waals surface area contributed by atoms with E-state index in [4.69, 9.17) is 5.73 Å². The standard InChI is InChI=1S/C4H10N.Zr.2H/c1-4(2,3)5;;;/h5H,1-3H3;;;/q-1;;2*-1. The van der Waals surface area contributed by atoms with Crippen LogP contribution in [0.1, 0.15) is 23.6 Å². The van der Waals surface area contributed by atoms with Gasteiger partial charge in [0.15, 0.2) is 0 Å². The van der Waals surface area contributed by atoms with Crippen molar-refractivity contribution in [2.45, 2.75) is 26.3 Å². The Morgan fingerprint density at radius 1 is 1.33 bits per heavy atom. The molecule has 6 heavy (non-hydrogen) atoms. The summed E-state index contributed by atoms with van der Waals surface area (Å²) >= 11 is 0. The van der Waals surface area contributed by atoms with Gasteiger partial charge in [0, 0.05) is 26.2 Å². The van der Waals surface area contributed by atoms with Crippen molar-refractivity contribution >= 4 is 0 Å². The van der Waals surface area contributed by atoms with Crippen molar-refractivity contribution in [3.63, 3.8) is 0 Å². The van der Waals surface area contributed by atoms with Crippen LogP contribution in [0, 0.1) is 0 Å². The average Bonchev–Trinajstić information content (AvgIpc) is 0.722. The number of hydrogen-bond donors (Lipinski definition) is 0. The maximum atomic E-state index is 6.94. The van der Waals surface area contributed by atoms with E-state index in [-0.39, 0.29) is 34.6 Å². The molecule has 0 aliphatic heterocycles. The molecule has 0 unspecified atom stereocenters. The van der Waals surface area contributed by atoms with Gasteiger partial charge in [-0.25, -0.2) is 0 Å². The molecule has 0 aromatic heterocycles. The molecule has 40 valence electrons. The molecule has 0 fully saturated rings. The Bertz CT molecular complexity index is 29.5. The van der Waals surface area contributed by atoms with Crippen LogP contribution in [0.5, 0.6) is 0 Å². The maximum Gasteiger partial charge on any atom is 0 e. The SMILES string of the molecule is CC(C)(C)[NH-].[H-].[H-].[Zr]. The molecule has 0 aromatic carbocycles. The third-order valence-corrected chi connectivity index (χ3v) is 0. The van der Waals surface area contributed by atoms with Crippen LogP contribution in [0.15, 0.2) is 0 Å². The summed E-state index contributed by atoms with van der Waals surface area (Å²) in [6, 6.07) is 0. The molecular formula is C4H12NZr-3. The minimum absolute atomic E-state index is 0. The van der Waals surface area contributed by atoms with Crippen LogP contribution >= 0.6 is 0 Å². The normalized spacial score (nSPS) is 10.0. The summed E-state index contributed by atoms with van der Waals surface area (Å²) in [4.78, 5) is 0. The van der Waals surface area contributed by atoms with Crippen molar-refractivity contribution in [3.8, 4) is 0 Å². The Kier molecular flexibility index (Phi) is 4.86. The number of nitrogens with one attached hydrogen (secondary N) is 1. The third-order valence-electron chi connectivity index (χ3n) is 0. The molecule has 0 aliphatic rings. The van der Waals surface area contributed by atoms with Crippen LogP contribution in [0.2, 0.25) is 0 Å². The fourth-order valence-electron chi connectivity index (χ4n) is 0. The Morgan fingerprint density at radius 2 is 1.33 bits per heavy atom. The molecule has 0 saturated heterocycles. The third kappa shape index (κ3) is 101. The molecule has 0 radical (unpaired) electrons. The Labute approximate surface area is 61.4 Å². The summed E-state index contributed by atoms with van der Waals surface area (Å²) < 4.78 is 0. The number of rotatable bonds is 0. The second-order valence-electron chi connectivity index (χ2n) is 2.25. The number of hydrogen-bond acceptors (Lipinski definition) is 0. The first-order valence-corrected chi connectivity index (χ1v) is 1.75. The molecule has 0 bridgehead atoms. The Balaban J connectivity index is -0.0000000267. The molecule has 0 rings (SSSR count). The zero-order valence-electron chi connectivity index (χ0n) is 6.50. The van der Waals surface area contributed by atoms with Crippen LogP contribution in [0.4, 0.5) is 0 Å². The van der Waals surface area contributed by atoms with E-state index >= 15 is 0 Å². The molecule has 0 saturated carbocycles. The maximum absolute atomic E-state index is 6.94. The van der Waals surface area contributed by atoms with Gasteiger partial charge in [-0.1, -0.05) is 20.8 Å². The van der Waals surface area contributed by atoms with Gasteiger partial charge in [0.1, 0.15) is 0 Å². The van der Waals surface area contributed by atoms with E-state index in [9.17, 15) is 0 Å². The van der Waals surface area contributed by atoms with Gasteiger partial charge in [0.25, 0.3) is 0 Å². The minimum Gasteiger partial charge on any atom is -1.00 e. The second-order valence-corrected chi connectivity index (χ2v) is 2.25. The topological polar surface area (TPSA) is 23.8 Å². The summed E-state index contributed by atoms with van der Waals surface area (Å²) in [5, 5.41) is 0. The molecule has 0 aromatic rings. The van der Waals surface area contributed by atoms with E-state index < -0.39 is 0 Å². The van der Waals surface area contributed by atoms with Crippen molar-refractivity contribution in [3.05, 3.63) is 5.73 Å². The summed E-state index contributed by atoms with van der Waals surface area (Å²) in [6.45, 7) is 5.56. The van der Waals surface area contributed by atoms with Gasteiger partial charge in [0.2, 0.25) is 0 Å². The Morgan fingerprint density at radius 3 is 1.33 bits per heavy atom.